The van der Waals surface area contributed by atoms with Crippen molar-refractivity contribution in [3.8, 4) is 11.3 Å². The molecule has 8 heteroatoms. The van der Waals surface area contributed by atoms with Crippen LogP contribution in [0.25, 0.3) is 33.1 Å². The van der Waals surface area contributed by atoms with E-state index in [-0.39, 0.29) is 18.4 Å². The summed E-state index contributed by atoms with van der Waals surface area (Å²) in [6, 6.07) is 11.0. The Hall–Kier alpha value is -4.33. The Balaban J connectivity index is 1.36. The molecule has 2 N–H and O–H groups in total. The van der Waals surface area contributed by atoms with Gasteiger partial charge in [-0.25, -0.2) is 4.98 Å². The minimum atomic E-state index is -0.287. The van der Waals surface area contributed by atoms with Crippen molar-refractivity contribution < 1.29 is 9.59 Å². The predicted octanol–water partition coefficient (Wildman–Crippen LogP) is 4.18. The largest absolute Gasteiger partial charge is 0.285 e. The number of hydrogen-bond acceptors (Lipinski definition) is 5. The first-order valence-electron chi connectivity index (χ1n) is 11.5. The standard InChI is InChI=1S/C26H20N6O2/c33-25-16-7-3-4-8-17(16)26(34)32(25)13-22-19(12-28-31-22)24-15-6-2-1-5-14(15)23-18-11-27-30-20(18)9-10-21(23)29-24/h3-4,7-12H,1-2,5-6,13H2,(H,27,30)(H,28,31). The van der Waals surface area contributed by atoms with Crippen LogP contribution in [-0.4, -0.2) is 42.1 Å². The molecular weight excluding hydrogens is 428 g/mol. The number of imide groups is 1. The van der Waals surface area contributed by atoms with Crippen LogP contribution in [0.4, 0.5) is 0 Å². The number of H-pyrrole nitrogens is 2. The molecule has 0 spiro atoms. The molecule has 2 aliphatic rings. The monoisotopic (exact) mass is 448 g/mol. The van der Waals surface area contributed by atoms with Gasteiger partial charge in [0.25, 0.3) is 11.8 Å². The molecule has 0 radical (unpaired) electrons. The molecule has 0 saturated carbocycles. The van der Waals surface area contributed by atoms with Crippen LogP contribution >= 0.6 is 0 Å². The van der Waals surface area contributed by atoms with Gasteiger partial charge in [-0.3, -0.25) is 24.7 Å². The number of aromatic amines is 2. The highest BCUT2D eigenvalue weighted by Crippen LogP contribution is 2.38. The fourth-order valence-corrected chi connectivity index (χ4v) is 5.45. The van der Waals surface area contributed by atoms with Gasteiger partial charge < -0.3 is 0 Å². The quantitative estimate of drug-likeness (QED) is 0.403. The molecule has 0 fully saturated rings. The second-order valence-corrected chi connectivity index (χ2v) is 8.90. The van der Waals surface area contributed by atoms with Crippen molar-refractivity contribution in [1.29, 1.82) is 0 Å². The Morgan fingerprint density at radius 1 is 0.912 bits per heavy atom. The van der Waals surface area contributed by atoms with Crippen molar-refractivity contribution in [3.63, 3.8) is 0 Å². The van der Waals surface area contributed by atoms with Crippen molar-refractivity contribution in [2.75, 3.05) is 0 Å². The summed E-state index contributed by atoms with van der Waals surface area (Å²) in [6.45, 7) is 0.0977. The summed E-state index contributed by atoms with van der Waals surface area (Å²) in [5.41, 5.74) is 7.68. The minimum Gasteiger partial charge on any atom is -0.285 e. The van der Waals surface area contributed by atoms with Crippen LogP contribution in [0.15, 0.2) is 48.8 Å². The summed E-state index contributed by atoms with van der Waals surface area (Å²) < 4.78 is 0. The average Bonchev–Trinajstić information content (AvgIpc) is 3.59. The molecule has 2 amide bonds. The van der Waals surface area contributed by atoms with Gasteiger partial charge in [0.2, 0.25) is 0 Å². The van der Waals surface area contributed by atoms with Gasteiger partial charge in [0, 0.05) is 22.5 Å². The number of amides is 2. The van der Waals surface area contributed by atoms with Crippen LogP contribution in [0.1, 0.15) is 50.4 Å². The zero-order valence-electron chi connectivity index (χ0n) is 18.3. The maximum atomic E-state index is 12.9. The topological polar surface area (TPSA) is 108 Å². The van der Waals surface area contributed by atoms with Gasteiger partial charge in [-0.1, -0.05) is 12.1 Å². The van der Waals surface area contributed by atoms with E-state index >= 15 is 0 Å². The molecule has 3 aromatic heterocycles. The van der Waals surface area contributed by atoms with Gasteiger partial charge in [-0.05, 0) is 61.1 Å². The summed E-state index contributed by atoms with van der Waals surface area (Å²) in [5.74, 6) is -0.573. The van der Waals surface area contributed by atoms with Gasteiger partial charge in [0.05, 0.1) is 46.3 Å². The molecule has 0 atom stereocenters. The first kappa shape index (κ1) is 19.2. The van der Waals surface area contributed by atoms with Crippen LogP contribution in [0.2, 0.25) is 0 Å². The fourth-order valence-electron chi connectivity index (χ4n) is 5.45. The fraction of sp³-hybridized carbons (Fsp3) is 0.192. The highest BCUT2D eigenvalue weighted by molar-refractivity contribution is 6.21. The Kier molecular flexibility index (Phi) is 3.99. The molecule has 166 valence electrons. The van der Waals surface area contributed by atoms with Crippen LogP contribution in [0.3, 0.4) is 0 Å². The number of fused-ring (bicyclic) bond motifs is 6. The van der Waals surface area contributed by atoms with E-state index in [0.717, 1.165) is 58.7 Å². The van der Waals surface area contributed by atoms with E-state index in [9.17, 15) is 9.59 Å². The van der Waals surface area contributed by atoms with E-state index in [1.807, 2.05) is 24.5 Å². The lowest BCUT2D eigenvalue weighted by Crippen LogP contribution is -2.29. The summed E-state index contributed by atoms with van der Waals surface area (Å²) >= 11 is 0. The van der Waals surface area contributed by atoms with Gasteiger partial charge in [0.15, 0.2) is 0 Å². The number of carbonyl (C=O) groups is 2. The highest BCUT2D eigenvalue weighted by atomic mass is 16.2. The second kappa shape index (κ2) is 7.08. The Morgan fingerprint density at radius 3 is 2.47 bits per heavy atom. The zero-order chi connectivity index (χ0) is 22.8. The Morgan fingerprint density at radius 2 is 1.68 bits per heavy atom. The number of aryl methyl sites for hydroxylation is 1. The third-order valence-electron chi connectivity index (χ3n) is 7.05. The predicted molar refractivity (Wildman–Crippen MR) is 126 cm³/mol. The molecule has 8 nitrogen and oxygen atoms in total. The highest BCUT2D eigenvalue weighted by Gasteiger charge is 2.36. The van der Waals surface area contributed by atoms with Crippen molar-refractivity contribution in [3.05, 3.63) is 76.7 Å². The lowest BCUT2D eigenvalue weighted by molar-refractivity contribution is 0.0640. The third-order valence-corrected chi connectivity index (χ3v) is 7.05. The average molecular weight is 448 g/mol. The number of carbonyl (C=O) groups excluding carboxylic acids is 2. The number of pyridine rings is 1. The number of hydrogen-bond donors (Lipinski definition) is 2. The minimum absolute atomic E-state index is 0.0977. The normalized spacial score (nSPS) is 15.4. The van der Waals surface area contributed by atoms with Crippen molar-refractivity contribution in [2.24, 2.45) is 0 Å². The van der Waals surface area contributed by atoms with Crippen LogP contribution < -0.4 is 0 Å². The number of nitrogens with zero attached hydrogens (tertiary/aromatic N) is 4. The van der Waals surface area contributed by atoms with E-state index in [1.54, 1.807) is 24.3 Å². The molecule has 2 aromatic carbocycles. The molecule has 0 saturated heterocycles. The number of aromatic nitrogens is 5. The van der Waals surface area contributed by atoms with E-state index in [4.69, 9.17) is 4.98 Å². The van der Waals surface area contributed by atoms with Crippen LogP contribution in [0.5, 0.6) is 0 Å². The van der Waals surface area contributed by atoms with E-state index < -0.39 is 0 Å². The SMILES string of the molecule is O=C1c2ccccc2C(=O)N1Cc1n[nH]cc1-c1nc2ccc3[nH]ncc3c2c2c1CCCC2. The molecule has 4 heterocycles. The molecule has 5 aromatic rings. The number of rotatable bonds is 3. The van der Waals surface area contributed by atoms with Crippen LogP contribution in [-0.2, 0) is 19.4 Å². The zero-order valence-corrected chi connectivity index (χ0v) is 18.3. The first-order chi connectivity index (χ1) is 16.7. The summed E-state index contributed by atoms with van der Waals surface area (Å²) in [7, 11) is 0. The van der Waals surface area contributed by atoms with Gasteiger partial charge in [-0.15, -0.1) is 0 Å². The van der Waals surface area contributed by atoms with Crippen molar-refractivity contribution >= 4 is 33.6 Å². The second-order valence-electron chi connectivity index (χ2n) is 8.90. The van der Waals surface area contributed by atoms with Gasteiger partial charge in [0.1, 0.15) is 0 Å². The maximum Gasteiger partial charge on any atom is 0.261 e. The number of benzene rings is 2. The number of nitrogens with one attached hydrogen (secondary N) is 2. The maximum absolute atomic E-state index is 12.9. The Labute approximate surface area is 194 Å². The molecule has 0 bridgehead atoms. The molecule has 7 rings (SSSR count). The summed E-state index contributed by atoms with van der Waals surface area (Å²) in [5, 5.41) is 16.9. The Bertz CT molecular complexity index is 1610. The van der Waals surface area contributed by atoms with Crippen molar-refractivity contribution in [2.45, 2.75) is 32.2 Å². The first-order valence-corrected chi connectivity index (χ1v) is 11.5. The van der Waals surface area contributed by atoms with E-state index in [0.29, 0.717) is 16.8 Å². The molecule has 1 aliphatic heterocycles. The van der Waals surface area contributed by atoms with E-state index in [2.05, 4.69) is 20.4 Å². The smallest absolute Gasteiger partial charge is 0.261 e. The molecule has 34 heavy (non-hydrogen) atoms. The lowest BCUT2D eigenvalue weighted by Gasteiger charge is -2.22. The third kappa shape index (κ3) is 2.62. The molecule has 0 unspecified atom stereocenters. The van der Waals surface area contributed by atoms with Crippen LogP contribution in [0, 0.1) is 0 Å². The molecular formula is C26H20N6O2. The van der Waals surface area contributed by atoms with Crippen molar-refractivity contribution in [1.82, 2.24) is 30.3 Å². The van der Waals surface area contributed by atoms with Gasteiger partial charge in [-0.2, -0.15) is 10.2 Å². The summed E-state index contributed by atoms with van der Waals surface area (Å²) in [4.78, 5) is 32.2. The molecule has 1 aliphatic carbocycles. The lowest BCUT2D eigenvalue weighted by atomic mass is 9.85. The van der Waals surface area contributed by atoms with Gasteiger partial charge >= 0.3 is 0 Å². The summed E-state index contributed by atoms with van der Waals surface area (Å²) in [6.07, 6.45) is 7.84. The van der Waals surface area contributed by atoms with E-state index in [1.165, 1.54) is 16.0 Å².